The lowest BCUT2D eigenvalue weighted by Gasteiger charge is -1.52. The molecule has 25 valence electrons. The van der Waals surface area contributed by atoms with Gasteiger partial charge in [-0.1, -0.05) is 0 Å². The second-order valence-corrected chi connectivity index (χ2v) is 0.316. The first kappa shape index (κ1) is 8.83. The fourth-order valence-corrected chi connectivity index (χ4v) is 0. The molecule has 0 heterocycles. The normalized spacial score (nSPS) is 4.50. The van der Waals surface area contributed by atoms with Crippen LogP contribution in [-0.2, 0) is 0 Å². The van der Waals surface area contributed by atoms with E-state index >= 15 is 0 Å². The highest BCUT2D eigenvalue weighted by atomic mass is 31.0. The van der Waals surface area contributed by atoms with Crippen LogP contribution in [0.25, 0.3) is 0 Å². The van der Waals surface area contributed by atoms with Crippen LogP contribution in [0.3, 0.4) is 0 Å². The molecule has 0 saturated carbocycles. The van der Waals surface area contributed by atoms with E-state index in [1.807, 2.05) is 0 Å². The summed E-state index contributed by atoms with van der Waals surface area (Å²) in [6, 6.07) is 0. The summed E-state index contributed by atoms with van der Waals surface area (Å²) in [5, 5.41) is 7.57. The summed E-state index contributed by atoms with van der Waals surface area (Å²) in [5.74, 6) is 0. The van der Waals surface area contributed by atoms with Crippen LogP contribution in [-0.4, -0.2) is 11.7 Å². The van der Waals surface area contributed by atoms with Gasteiger partial charge in [0.15, 0.2) is 0 Å². The molecule has 2 heteroatoms. The van der Waals surface area contributed by atoms with E-state index in [1.165, 1.54) is 0 Å². The van der Waals surface area contributed by atoms with Crippen LogP contribution in [0.5, 0.6) is 0 Å². The van der Waals surface area contributed by atoms with Crippen molar-refractivity contribution in [3.8, 4) is 0 Å². The molecule has 1 N–H and O–H groups in total. The van der Waals surface area contributed by atoms with Gasteiger partial charge in [-0.05, 0) is 6.92 Å². The van der Waals surface area contributed by atoms with Gasteiger partial charge in [0, 0.05) is 16.5 Å². The van der Waals surface area contributed by atoms with Gasteiger partial charge in [0.1, 0.15) is 0 Å². The molecule has 0 aromatic rings. The predicted molar refractivity (Wildman–Crippen MR) is 19.7 cm³/mol. The Hall–Kier alpha value is 0.390. The van der Waals surface area contributed by atoms with E-state index in [2.05, 4.69) is 0 Å². The first-order valence-electron chi connectivity index (χ1n) is 1.02. The molecule has 0 atom stereocenters. The monoisotopic (exact) mass is 77.0 g/mol. The van der Waals surface area contributed by atoms with Gasteiger partial charge in [-0.15, -0.1) is 0 Å². The van der Waals surface area contributed by atoms with Crippen LogP contribution < -0.4 is 0 Å². The van der Waals surface area contributed by atoms with Crippen LogP contribution >= 0.6 is 9.90 Å². The molecule has 0 aromatic carbocycles. The highest BCUT2D eigenvalue weighted by Gasteiger charge is 1.34. The molecule has 0 aliphatic rings. The Labute approximate surface area is 29.6 Å². The average molecular weight is 77.0 g/mol. The van der Waals surface area contributed by atoms with Crippen molar-refractivity contribution in [2.45, 2.75) is 6.92 Å². The molecule has 0 fully saturated rings. The number of aliphatic hydroxyl groups excluding tert-OH is 1. The van der Waals surface area contributed by atoms with Gasteiger partial charge in [-0.25, -0.2) is 0 Å². The Morgan fingerprint density at radius 3 is 1.75 bits per heavy atom. The molecule has 0 saturated heterocycles. The van der Waals surface area contributed by atoms with Crippen molar-refractivity contribution in [1.29, 1.82) is 0 Å². The molecule has 3 radical (unpaired) electrons. The molecule has 0 aromatic heterocycles. The smallest absolute Gasteiger partial charge is 0.0402 e. The van der Waals surface area contributed by atoms with E-state index in [1.54, 1.807) is 6.92 Å². The minimum absolute atomic E-state index is 0. The maximum Gasteiger partial charge on any atom is 0.0402 e. The standard InChI is InChI=1S/C2H6O.P/c1-2-3;/h3H,2H2,1H3;. The van der Waals surface area contributed by atoms with E-state index in [0.717, 1.165) is 0 Å². The summed E-state index contributed by atoms with van der Waals surface area (Å²) < 4.78 is 0. The summed E-state index contributed by atoms with van der Waals surface area (Å²) in [7, 11) is 0. The Kier molecular flexibility index (Phi) is 22.1. The number of rotatable bonds is 0. The van der Waals surface area contributed by atoms with E-state index in [0.29, 0.717) is 0 Å². The Balaban J connectivity index is 0. The van der Waals surface area contributed by atoms with E-state index < -0.39 is 0 Å². The maximum absolute atomic E-state index is 7.57. The van der Waals surface area contributed by atoms with Crippen molar-refractivity contribution in [2.24, 2.45) is 0 Å². The average Bonchev–Trinajstić information content (AvgIpc) is 0.918. The van der Waals surface area contributed by atoms with Gasteiger partial charge in [0.2, 0.25) is 0 Å². The fraction of sp³-hybridized carbons (Fsp3) is 1.00. The molecule has 0 aliphatic heterocycles. The van der Waals surface area contributed by atoms with Crippen LogP contribution in [0.1, 0.15) is 6.92 Å². The predicted octanol–water partition coefficient (Wildman–Crippen LogP) is 0.860. The number of hydrogen-bond acceptors (Lipinski definition) is 1. The van der Waals surface area contributed by atoms with Gasteiger partial charge in [0.05, 0.1) is 0 Å². The van der Waals surface area contributed by atoms with Crippen molar-refractivity contribution < 1.29 is 5.11 Å². The molecule has 0 bridgehead atoms. The number of hydrogen-bond donors (Lipinski definition) is 1. The minimum atomic E-state index is 0. The minimum Gasteiger partial charge on any atom is -0.397 e. The summed E-state index contributed by atoms with van der Waals surface area (Å²) in [6.45, 7) is 1.93. The Morgan fingerprint density at radius 2 is 1.75 bits per heavy atom. The molecule has 0 unspecified atom stereocenters. The lowest BCUT2D eigenvalue weighted by molar-refractivity contribution is 0.318. The van der Waals surface area contributed by atoms with Gasteiger partial charge in [-0.3, -0.25) is 0 Å². The summed E-state index contributed by atoms with van der Waals surface area (Å²) in [6.07, 6.45) is 0. The molecule has 1 nitrogen and oxygen atoms in total. The quantitative estimate of drug-likeness (QED) is 0.425. The molecular weight excluding hydrogens is 71.0 g/mol. The second kappa shape index (κ2) is 10.0. The van der Waals surface area contributed by atoms with E-state index in [-0.39, 0.29) is 16.5 Å². The van der Waals surface area contributed by atoms with Crippen molar-refractivity contribution in [2.75, 3.05) is 6.61 Å². The van der Waals surface area contributed by atoms with Crippen LogP contribution in [0.15, 0.2) is 0 Å². The third-order valence-corrected chi connectivity index (χ3v) is 0. The van der Waals surface area contributed by atoms with Crippen molar-refractivity contribution in [3.05, 3.63) is 0 Å². The highest BCUT2D eigenvalue weighted by molar-refractivity contribution is 6.92. The lowest BCUT2D eigenvalue weighted by Crippen LogP contribution is -1.57. The lowest BCUT2D eigenvalue weighted by atomic mass is 10.9. The third-order valence-electron chi connectivity index (χ3n) is 0. The van der Waals surface area contributed by atoms with E-state index in [4.69, 9.17) is 5.11 Å². The highest BCUT2D eigenvalue weighted by Crippen LogP contribution is 1.30. The number of aliphatic hydroxyl groups is 1. The molecule has 0 aliphatic carbocycles. The Bertz CT molecular complexity index is 6.00. The SMILES string of the molecule is CCO.[P]. The van der Waals surface area contributed by atoms with Crippen LogP contribution in [0, 0.1) is 0 Å². The van der Waals surface area contributed by atoms with E-state index in [9.17, 15) is 0 Å². The molecule has 0 rings (SSSR count). The Morgan fingerprint density at radius 1 is 1.75 bits per heavy atom. The second-order valence-electron chi connectivity index (χ2n) is 0.316. The van der Waals surface area contributed by atoms with Crippen molar-refractivity contribution in [1.82, 2.24) is 0 Å². The first-order valence-corrected chi connectivity index (χ1v) is 1.02. The maximum atomic E-state index is 7.57. The van der Waals surface area contributed by atoms with Crippen molar-refractivity contribution in [3.63, 3.8) is 0 Å². The fourth-order valence-electron chi connectivity index (χ4n) is 0. The summed E-state index contributed by atoms with van der Waals surface area (Å²) in [4.78, 5) is 0. The summed E-state index contributed by atoms with van der Waals surface area (Å²) in [5.41, 5.74) is 0. The first-order chi connectivity index (χ1) is 1.41. The summed E-state index contributed by atoms with van der Waals surface area (Å²) >= 11 is 0. The zero-order valence-electron chi connectivity index (χ0n) is 2.60. The van der Waals surface area contributed by atoms with Crippen LogP contribution in [0.4, 0.5) is 0 Å². The van der Waals surface area contributed by atoms with Gasteiger partial charge in [-0.2, -0.15) is 0 Å². The molecular formula is C2H6OP. The molecule has 4 heavy (non-hydrogen) atoms. The zero-order valence-corrected chi connectivity index (χ0v) is 3.50. The van der Waals surface area contributed by atoms with Crippen molar-refractivity contribution >= 4 is 9.90 Å². The van der Waals surface area contributed by atoms with Gasteiger partial charge >= 0.3 is 0 Å². The third kappa shape index (κ3) is 30.4. The van der Waals surface area contributed by atoms with Crippen LogP contribution in [0.2, 0.25) is 0 Å². The van der Waals surface area contributed by atoms with Gasteiger partial charge in [0.25, 0.3) is 0 Å². The van der Waals surface area contributed by atoms with Gasteiger partial charge < -0.3 is 5.11 Å². The zero-order chi connectivity index (χ0) is 2.71. The molecule has 0 spiro atoms. The molecule has 0 amide bonds. The largest absolute Gasteiger partial charge is 0.397 e. The topological polar surface area (TPSA) is 20.2 Å².